The zero-order chi connectivity index (χ0) is 19.4. The van der Waals surface area contributed by atoms with E-state index in [0.29, 0.717) is 17.7 Å². The van der Waals surface area contributed by atoms with Gasteiger partial charge < -0.3 is 5.32 Å². The van der Waals surface area contributed by atoms with Crippen LogP contribution in [0.3, 0.4) is 0 Å². The molecule has 2 aromatic carbocycles. The first kappa shape index (κ1) is 18.3. The molecular weight excluding hydrogens is 344 g/mol. The van der Waals surface area contributed by atoms with Gasteiger partial charge in [-0.25, -0.2) is 0 Å². The van der Waals surface area contributed by atoms with Crippen molar-refractivity contribution in [2.45, 2.75) is 26.3 Å². The number of ketones is 1. The molecule has 0 aliphatic carbocycles. The molecule has 0 spiro atoms. The van der Waals surface area contributed by atoms with Crippen molar-refractivity contribution >= 4 is 17.2 Å². The predicted molar refractivity (Wildman–Crippen MR) is 103 cm³/mol. The molecule has 0 amide bonds. The number of hydrogen-bond acceptors (Lipinski definition) is 5. The Kier molecular flexibility index (Phi) is 5.30. The number of carbonyl (C=O) groups is 1. The van der Waals surface area contributed by atoms with Crippen LogP contribution in [0.4, 0.5) is 11.4 Å². The number of nitro groups is 1. The van der Waals surface area contributed by atoms with Gasteiger partial charge in [0.25, 0.3) is 5.69 Å². The summed E-state index contributed by atoms with van der Waals surface area (Å²) in [6, 6.07) is 15.1. The van der Waals surface area contributed by atoms with Crippen molar-refractivity contribution in [3.63, 3.8) is 0 Å². The van der Waals surface area contributed by atoms with E-state index in [1.165, 1.54) is 6.07 Å². The lowest BCUT2D eigenvalue weighted by Gasteiger charge is -2.14. The summed E-state index contributed by atoms with van der Waals surface area (Å²) in [6.45, 7) is 3.85. The highest BCUT2D eigenvalue weighted by atomic mass is 16.6. The van der Waals surface area contributed by atoms with Crippen molar-refractivity contribution < 1.29 is 9.72 Å². The second-order valence-electron chi connectivity index (χ2n) is 6.48. The zero-order valence-electron chi connectivity index (χ0n) is 15.1. The zero-order valence-corrected chi connectivity index (χ0v) is 15.1. The topological polar surface area (TPSA) is 101 Å². The van der Waals surface area contributed by atoms with Crippen LogP contribution in [0.1, 0.15) is 34.2 Å². The Balaban J connectivity index is 1.81. The third kappa shape index (κ3) is 4.38. The van der Waals surface area contributed by atoms with Gasteiger partial charge in [-0.2, -0.15) is 5.10 Å². The van der Waals surface area contributed by atoms with Crippen molar-refractivity contribution in [3.8, 4) is 0 Å². The van der Waals surface area contributed by atoms with Gasteiger partial charge in [0.2, 0.25) is 0 Å². The van der Waals surface area contributed by atoms with E-state index in [0.717, 1.165) is 11.4 Å². The van der Waals surface area contributed by atoms with Gasteiger partial charge in [0.15, 0.2) is 5.78 Å². The van der Waals surface area contributed by atoms with Gasteiger partial charge in [-0.1, -0.05) is 30.3 Å². The number of benzene rings is 2. The number of nitrogens with one attached hydrogen (secondary N) is 2. The molecule has 0 aliphatic heterocycles. The number of hydrogen-bond donors (Lipinski definition) is 2. The first-order valence-corrected chi connectivity index (χ1v) is 8.59. The van der Waals surface area contributed by atoms with Crippen molar-refractivity contribution in [2.24, 2.45) is 0 Å². The number of aryl methyl sites for hydroxylation is 1. The number of anilines is 1. The van der Waals surface area contributed by atoms with Crippen molar-refractivity contribution in [2.75, 3.05) is 5.32 Å². The molecule has 1 aromatic heterocycles. The van der Waals surface area contributed by atoms with Crippen LogP contribution in [0.5, 0.6) is 0 Å². The monoisotopic (exact) mass is 364 g/mol. The van der Waals surface area contributed by atoms with Crippen LogP contribution in [0, 0.1) is 17.0 Å². The van der Waals surface area contributed by atoms with Gasteiger partial charge in [-0.15, -0.1) is 0 Å². The Labute approximate surface area is 156 Å². The molecule has 27 heavy (non-hydrogen) atoms. The molecule has 0 fully saturated rings. The van der Waals surface area contributed by atoms with Crippen molar-refractivity contribution in [1.29, 1.82) is 0 Å². The molecule has 0 bridgehead atoms. The first-order valence-electron chi connectivity index (χ1n) is 8.59. The highest BCUT2D eigenvalue weighted by Gasteiger charge is 2.20. The fraction of sp³-hybridized carbons (Fsp3) is 0.200. The maximum atomic E-state index is 12.5. The summed E-state index contributed by atoms with van der Waals surface area (Å²) in [5.41, 5.74) is 2.88. The molecule has 3 rings (SSSR count). The Hall–Kier alpha value is -3.48. The minimum absolute atomic E-state index is 0.0675. The van der Waals surface area contributed by atoms with E-state index in [-0.39, 0.29) is 23.1 Å². The summed E-state index contributed by atoms with van der Waals surface area (Å²) in [4.78, 5) is 23.6. The van der Waals surface area contributed by atoms with E-state index in [1.54, 1.807) is 36.4 Å². The SMILES string of the molecule is Cc1cc(CC(C)Nc2ccc(C(=O)c3ccccc3)cc2[N+](=O)[O-])n[nH]1. The Morgan fingerprint density at radius 3 is 2.56 bits per heavy atom. The van der Waals surface area contributed by atoms with E-state index >= 15 is 0 Å². The molecule has 0 radical (unpaired) electrons. The number of H-pyrrole nitrogens is 1. The molecular formula is C20H20N4O3. The number of nitrogens with zero attached hydrogens (tertiary/aromatic N) is 2. The summed E-state index contributed by atoms with van der Waals surface area (Å²) >= 11 is 0. The van der Waals surface area contributed by atoms with Gasteiger partial charge in [-0.3, -0.25) is 20.0 Å². The molecule has 3 aromatic rings. The van der Waals surface area contributed by atoms with Crippen LogP contribution < -0.4 is 5.32 Å². The lowest BCUT2D eigenvalue weighted by atomic mass is 10.0. The van der Waals surface area contributed by atoms with Crippen molar-refractivity contribution in [3.05, 3.63) is 87.2 Å². The summed E-state index contributed by atoms with van der Waals surface area (Å²) in [7, 11) is 0. The molecule has 1 atom stereocenters. The average Bonchev–Trinajstić information content (AvgIpc) is 3.06. The minimum Gasteiger partial charge on any atom is -0.377 e. The number of rotatable bonds is 7. The van der Waals surface area contributed by atoms with Gasteiger partial charge in [0, 0.05) is 35.3 Å². The third-order valence-electron chi connectivity index (χ3n) is 4.17. The van der Waals surface area contributed by atoms with E-state index in [9.17, 15) is 14.9 Å². The van der Waals surface area contributed by atoms with Crippen LogP contribution >= 0.6 is 0 Å². The Morgan fingerprint density at radius 2 is 1.93 bits per heavy atom. The van der Waals surface area contributed by atoms with Gasteiger partial charge in [0.1, 0.15) is 5.69 Å². The van der Waals surface area contributed by atoms with E-state index in [1.807, 2.05) is 26.0 Å². The highest BCUT2D eigenvalue weighted by Crippen LogP contribution is 2.27. The summed E-state index contributed by atoms with van der Waals surface area (Å²) in [6.07, 6.45) is 0.617. The van der Waals surface area contributed by atoms with Crippen LogP contribution in [0.15, 0.2) is 54.6 Å². The standard InChI is InChI=1S/C20H20N4O3/c1-13(10-17-11-14(2)22-23-17)21-18-9-8-16(12-19(18)24(26)27)20(25)15-6-4-3-5-7-15/h3-9,11-13,21H,10H2,1-2H3,(H,22,23). The summed E-state index contributed by atoms with van der Waals surface area (Å²) in [5, 5.41) is 21.7. The maximum absolute atomic E-state index is 12.5. The van der Waals surface area contributed by atoms with E-state index < -0.39 is 4.92 Å². The van der Waals surface area contributed by atoms with Crippen LogP contribution in [0.2, 0.25) is 0 Å². The second kappa shape index (κ2) is 7.82. The largest absolute Gasteiger partial charge is 0.377 e. The fourth-order valence-electron chi connectivity index (χ4n) is 2.91. The number of aromatic amines is 1. The van der Waals surface area contributed by atoms with Crippen LogP contribution in [-0.2, 0) is 6.42 Å². The van der Waals surface area contributed by atoms with E-state index in [4.69, 9.17) is 0 Å². The smallest absolute Gasteiger partial charge is 0.293 e. The molecule has 0 saturated carbocycles. The number of nitro benzene ring substituents is 1. The highest BCUT2D eigenvalue weighted by molar-refractivity contribution is 6.09. The van der Waals surface area contributed by atoms with E-state index in [2.05, 4.69) is 15.5 Å². The van der Waals surface area contributed by atoms with Crippen molar-refractivity contribution in [1.82, 2.24) is 10.2 Å². The summed E-state index contributed by atoms with van der Waals surface area (Å²) < 4.78 is 0. The molecule has 138 valence electrons. The quantitative estimate of drug-likeness (QED) is 0.376. The Morgan fingerprint density at radius 1 is 1.19 bits per heavy atom. The lowest BCUT2D eigenvalue weighted by molar-refractivity contribution is -0.384. The van der Waals surface area contributed by atoms with Crippen LogP contribution in [-0.4, -0.2) is 26.9 Å². The minimum atomic E-state index is -0.477. The normalized spacial score (nSPS) is 11.8. The molecule has 0 saturated heterocycles. The Bertz CT molecular complexity index is 966. The van der Waals surface area contributed by atoms with Gasteiger partial charge in [-0.05, 0) is 32.0 Å². The third-order valence-corrected chi connectivity index (χ3v) is 4.17. The fourth-order valence-corrected chi connectivity index (χ4v) is 2.91. The average molecular weight is 364 g/mol. The first-order chi connectivity index (χ1) is 12.9. The van der Waals surface area contributed by atoms with Gasteiger partial charge in [0.05, 0.1) is 10.6 Å². The second-order valence-corrected chi connectivity index (χ2v) is 6.48. The molecule has 1 heterocycles. The number of aromatic nitrogens is 2. The van der Waals surface area contributed by atoms with Gasteiger partial charge >= 0.3 is 0 Å². The molecule has 0 aliphatic rings. The molecule has 2 N–H and O–H groups in total. The maximum Gasteiger partial charge on any atom is 0.293 e. The predicted octanol–water partition coefficient (Wildman–Crippen LogP) is 3.90. The molecule has 1 unspecified atom stereocenters. The lowest BCUT2D eigenvalue weighted by Crippen LogP contribution is -2.19. The number of carbonyl (C=O) groups excluding carboxylic acids is 1. The summed E-state index contributed by atoms with van der Waals surface area (Å²) in [5.74, 6) is -0.245. The molecule has 7 heteroatoms. The van der Waals surface area contributed by atoms with Crippen LogP contribution in [0.25, 0.3) is 0 Å². The molecule has 7 nitrogen and oxygen atoms in total.